The van der Waals surface area contributed by atoms with Crippen LogP contribution in [0.2, 0.25) is 0 Å². The Hall–Kier alpha value is -0.795. The molecule has 1 saturated carbocycles. The molecule has 2 aromatic rings. The lowest BCUT2D eigenvalue weighted by atomic mass is 10.2. The summed E-state index contributed by atoms with van der Waals surface area (Å²) >= 11 is 0. The maximum Gasteiger partial charge on any atom is 0.409 e. The van der Waals surface area contributed by atoms with E-state index in [4.69, 9.17) is 17.0 Å². The Labute approximate surface area is 221 Å². The van der Waals surface area contributed by atoms with E-state index in [1.807, 2.05) is 14.2 Å². The maximum absolute atomic E-state index is 8.00. The molecule has 0 bridgehead atoms. The quantitative estimate of drug-likeness (QED) is 0.316. The van der Waals surface area contributed by atoms with Gasteiger partial charge in [0.25, 0.3) is 0 Å². The van der Waals surface area contributed by atoms with Crippen molar-refractivity contribution in [3.63, 3.8) is 0 Å². The Morgan fingerprint density at radius 1 is 0.750 bits per heavy atom. The van der Waals surface area contributed by atoms with Gasteiger partial charge >= 0.3 is 7.57 Å². The van der Waals surface area contributed by atoms with Crippen LogP contribution in [0.5, 0.6) is 0 Å². The highest BCUT2D eigenvalue weighted by Crippen LogP contribution is 2.74. The molecule has 2 aliphatic heterocycles. The van der Waals surface area contributed by atoms with Gasteiger partial charge in [0.15, 0.2) is 0 Å². The van der Waals surface area contributed by atoms with Crippen LogP contribution in [0.3, 0.4) is 0 Å². The van der Waals surface area contributed by atoms with E-state index >= 15 is 0 Å². The third-order valence-electron chi connectivity index (χ3n) is 8.57. The monoisotopic (exact) mass is 523 g/mol. The average molecular weight is 523 g/mol. The zero-order valence-electron chi connectivity index (χ0n) is 22.0. The minimum absolute atomic E-state index is 0.429. The summed E-state index contributed by atoms with van der Waals surface area (Å²) in [6.07, 6.45) is 8.61. The Balaban J connectivity index is 1.58. The van der Waals surface area contributed by atoms with Crippen LogP contribution in [-0.2, 0) is 9.47 Å². The lowest BCUT2D eigenvalue weighted by Crippen LogP contribution is -2.49. The Morgan fingerprint density at radius 2 is 1.25 bits per heavy atom. The zero-order chi connectivity index (χ0) is 25.0. The lowest BCUT2D eigenvalue weighted by Gasteiger charge is -2.49. The number of nitrogens with zero attached hydrogens (tertiary/aromatic N) is 2. The Kier molecular flexibility index (Phi) is 9.21. The van der Waals surface area contributed by atoms with E-state index in [2.05, 4.69) is 70.0 Å². The molecule has 3 fully saturated rings. The van der Waals surface area contributed by atoms with Gasteiger partial charge in [-0.05, 0) is 63.5 Å². The summed E-state index contributed by atoms with van der Waals surface area (Å²) in [5, 5.41) is 2.98. The van der Waals surface area contributed by atoms with Crippen LogP contribution in [0.4, 0.5) is 0 Å². The van der Waals surface area contributed by atoms with Crippen molar-refractivity contribution in [1.82, 2.24) is 9.34 Å². The van der Waals surface area contributed by atoms with Crippen LogP contribution in [0.15, 0.2) is 60.7 Å². The van der Waals surface area contributed by atoms with Crippen molar-refractivity contribution in [2.24, 2.45) is 0 Å². The molecule has 0 amide bonds. The van der Waals surface area contributed by atoms with E-state index in [0.717, 1.165) is 26.3 Å². The van der Waals surface area contributed by atoms with Crippen LogP contribution >= 0.6 is 15.4 Å². The maximum atomic E-state index is 8.00. The first-order valence-corrected chi connectivity index (χ1v) is 17.0. The van der Waals surface area contributed by atoms with Crippen LogP contribution in [0.1, 0.15) is 44.9 Å². The molecule has 2 saturated heterocycles. The predicted octanol–water partition coefficient (Wildman–Crippen LogP) is 5.19. The average Bonchev–Trinajstić information content (AvgIpc) is 3.68. The summed E-state index contributed by atoms with van der Waals surface area (Å²) in [5.41, 5.74) is 1.11. The normalized spacial score (nSPS) is 27.9. The highest BCUT2D eigenvalue weighted by atomic mass is 31.2. The van der Waals surface area contributed by atoms with E-state index in [1.54, 1.807) is 0 Å². The highest BCUT2D eigenvalue weighted by molar-refractivity contribution is 7.95. The van der Waals surface area contributed by atoms with E-state index in [1.165, 1.54) is 55.6 Å². The molecule has 3 aliphatic rings. The molecular formula is C29H42BN2O2P2+. The number of benzene rings is 2. The van der Waals surface area contributed by atoms with Gasteiger partial charge < -0.3 is 9.47 Å². The topological polar surface area (TPSA) is 24.9 Å². The summed E-state index contributed by atoms with van der Waals surface area (Å²) in [7, 11) is 9.09. The number of ether oxygens (including phenoxy) is 2. The van der Waals surface area contributed by atoms with Gasteiger partial charge in [0.1, 0.15) is 7.44 Å². The molecule has 4 nitrogen and oxygen atoms in total. The fourth-order valence-electron chi connectivity index (χ4n) is 7.11. The molecule has 2 aromatic carbocycles. The van der Waals surface area contributed by atoms with E-state index < -0.39 is 15.4 Å². The van der Waals surface area contributed by atoms with Crippen LogP contribution in [-0.4, -0.2) is 80.8 Å². The molecule has 36 heavy (non-hydrogen) atoms. The summed E-state index contributed by atoms with van der Waals surface area (Å²) in [6.45, 7) is 3.77. The second kappa shape index (κ2) is 12.4. The molecule has 7 heteroatoms. The predicted molar refractivity (Wildman–Crippen MR) is 156 cm³/mol. The largest absolute Gasteiger partial charge is 0.409 e. The zero-order valence-corrected chi connectivity index (χ0v) is 23.8. The molecule has 0 spiro atoms. The van der Waals surface area contributed by atoms with Gasteiger partial charge in [0.05, 0.1) is 31.0 Å². The standard InChI is InChI=1S/C29H42BN2O2P2/c1-33-22-24-12-10-20-31(24)36(30,32-21-11-13-25(32)23-34-2)29-19-9-18-28(29)35(26-14-5-3-6-15-26)27-16-7-4-8-17-27/h3-8,14-17,24-25,28-29H,9-13,18-23H2,1-2H3/q+1/t24-,25-,28?,29?/m0/s1. The molecule has 5 rings (SSSR count). The molecule has 0 aromatic heterocycles. The SMILES string of the molecule is [B][P+](C1CCCC1P(c1ccccc1)c1ccccc1)(N1CCC[C@H]1COC)N1CCC[C@H]1COC. The first kappa shape index (κ1) is 26.8. The lowest BCUT2D eigenvalue weighted by molar-refractivity contribution is 0.135. The Bertz CT molecular complexity index is 889. The second-order valence-electron chi connectivity index (χ2n) is 10.6. The summed E-state index contributed by atoms with van der Waals surface area (Å²) in [5.74, 6) is 0. The van der Waals surface area contributed by atoms with Gasteiger partial charge in [0, 0.05) is 33.0 Å². The molecule has 192 valence electrons. The van der Waals surface area contributed by atoms with Crippen molar-refractivity contribution in [2.75, 3.05) is 40.5 Å². The van der Waals surface area contributed by atoms with Gasteiger partial charge in [-0.15, -0.1) is 0 Å². The smallest absolute Gasteiger partial charge is 0.383 e. The molecular weight excluding hydrogens is 481 g/mol. The number of hydrogen-bond donors (Lipinski definition) is 0. The highest BCUT2D eigenvalue weighted by Gasteiger charge is 2.62. The van der Waals surface area contributed by atoms with Crippen LogP contribution in [0.25, 0.3) is 0 Å². The van der Waals surface area contributed by atoms with Gasteiger partial charge in [0.2, 0.25) is 0 Å². The van der Waals surface area contributed by atoms with Gasteiger partial charge in [-0.3, -0.25) is 0 Å². The van der Waals surface area contributed by atoms with Crippen molar-refractivity contribution in [1.29, 1.82) is 0 Å². The third-order valence-corrected chi connectivity index (χ3v) is 16.1. The number of rotatable bonds is 10. The van der Waals surface area contributed by atoms with E-state index in [0.29, 0.717) is 23.4 Å². The van der Waals surface area contributed by atoms with Crippen molar-refractivity contribution in [3.8, 4) is 0 Å². The molecule has 0 N–H and O–H groups in total. The first-order chi connectivity index (χ1) is 17.7. The summed E-state index contributed by atoms with van der Waals surface area (Å²) in [6, 6.07) is 23.4. The van der Waals surface area contributed by atoms with Crippen molar-refractivity contribution >= 4 is 33.5 Å². The Morgan fingerprint density at radius 3 is 1.72 bits per heavy atom. The molecule has 4 atom stereocenters. The van der Waals surface area contributed by atoms with Crippen molar-refractivity contribution < 1.29 is 9.47 Å². The minimum Gasteiger partial charge on any atom is -0.383 e. The van der Waals surface area contributed by atoms with Crippen LogP contribution < -0.4 is 10.6 Å². The van der Waals surface area contributed by atoms with E-state index in [9.17, 15) is 0 Å². The van der Waals surface area contributed by atoms with Gasteiger partial charge in [-0.25, -0.2) is 0 Å². The fourth-order valence-corrected chi connectivity index (χ4v) is 15.7. The molecule has 2 unspecified atom stereocenters. The third kappa shape index (κ3) is 5.22. The first-order valence-electron chi connectivity index (χ1n) is 13.8. The minimum atomic E-state index is -2.11. The molecule has 2 heterocycles. The number of hydrogen-bond acceptors (Lipinski definition) is 4. The van der Waals surface area contributed by atoms with Crippen molar-refractivity contribution in [2.45, 2.75) is 68.3 Å². The summed E-state index contributed by atoms with van der Waals surface area (Å²) in [4.78, 5) is 0. The van der Waals surface area contributed by atoms with Gasteiger partial charge in [-0.2, -0.15) is 9.34 Å². The van der Waals surface area contributed by atoms with Crippen LogP contribution in [0, 0.1) is 0 Å². The van der Waals surface area contributed by atoms with Gasteiger partial charge in [-0.1, -0.05) is 60.7 Å². The fraction of sp³-hybridized carbons (Fsp3) is 0.586. The molecule has 1 aliphatic carbocycles. The number of methoxy groups -OCH3 is 2. The van der Waals surface area contributed by atoms with Crippen molar-refractivity contribution in [3.05, 3.63) is 60.7 Å². The summed E-state index contributed by atoms with van der Waals surface area (Å²) < 4.78 is 17.0. The molecule has 2 radical (unpaired) electrons. The second-order valence-corrected chi connectivity index (χ2v) is 16.2. The van der Waals surface area contributed by atoms with E-state index in [-0.39, 0.29) is 0 Å².